The van der Waals surface area contributed by atoms with Gasteiger partial charge in [-0.25, -0.2) is 0 Å². The highest BCUT2D eigenvalue weighted by atomic mass is 79.9. The summed E-state index contributed by atoms with van der Waals surface area (Å²) in [7, 11) is 3.29. The van der Waals surface area contributed by atoms with Crippen molar-refractivity contribution < 1.29 is 13.9 Å². The van der Waals surface area contributed by atoms with E-state index < -0.39 is 0 Å². The van der Waals surface area contributed by atoms with Gasteiger partial charge < -0.3 is 18.8 Å². The van der Waals surface area contributed by atoms with E-state index in [0.29, 0.717) is 18.1 Å². The molecule has 0 atom stereocenters. The van der Waals surface area contributed by atoms with Crippen LogP contribution in [-0.4, -0.2) is 30.7 Å². The molecule has 0 fully saturated rings. The van der Waals surface area contributed by atoms with E-state index in [9.17, 15) is 0 Å². The van der Waals surface area contributed by atoms with Crippen molar-refractivity contribution >= 4 is 33.0 Å². The Bertz CT molecular complexity index is 850. The third-order valence-corrected chi connectivity index (χ3v) is 4.32. The molecule has 3 aromatic rings. The molecule has 0 radical (unpaired) electrons. The lowest BCUT2D eigenvalue weighted by Gasteiger charge is -2.20. The Labute approximate surface area is 148 Å². The third kappa shape index (κ3) is 3.17. The molecule has 0 saturated carbocycles. The number of hydrogen-bond acceptors (Lipinski definition) is 6. The monoisotopic (exact) mass is 391 g/mol. The molecule has 3 rings (SSSR count). The smallest absolute Gasteiger partial charge is 0.298 e. The number of ether oxygens (including phenoxy) is 2. The second-order valence-corrected chi connectivity index (χ2v) is 6.01. The minimum Gasteiger partial charge on any atom is -0.497 e. The number of oxazole rings is 1. The number of rotatable bonds is 6. The highest BCUT2D eigenvalue weighted by Crippen LogP contribution is 2.30. The summed E-state index contributed by atoms with van der Waals surface area (Å²) in [5.41, 5.74) is 2.44. The van der Waals surface area contributed by atoms with Crippen LogP contribution in [0.15, 0.2) is 39.5 Å². The minimum absolute atomic E-state index is 0.555. The fourth-order valence-electron chi connectivity index (χ4n) is 2.45. The van der Waals surface area contributed by atoms with E-state index in [0.717, 1.165) is 33.6 Å². The maximum atomic E-state index is 5.90. The number of aromatic nitrogens is 2. The molecule has 0 saturated heterocycles. The van der Waals surface area contributed by atoms with E-state index in [4.69, 9.17) is 13.9 Å². The molecule has 24 heavy (non-hydrogen) atoms. The predicted octanol–water partition coefficient (Wildman–Crippen LogP) is 4.03. The van der Waals surface area contributed by atoms with E-state index in [-0.39, 0.29) is 0 Å². The Morgan fingerprint density at radius 3 is 2.71 bits per heavy atom. The zero-order chi connectivity index (χ0) is 17.1. The van der Waals surface area contributed by atoms with E-state index in [1.807, 2.05) is 23.1 Å². The average molecular weight is 392 g/mol. The van der Waals surface area contributed by atoms with Gasteiger partial charge >= 0.3 is 0 Å². The van der Waals surface area contributed by atoms with Gasteiger partial charge in [-0.15, -0.1) is 0 Å². The standard InChI is InChI=1S/C17H18BrN3O3/c1-4-21(10-11-5-6-12(22-2)7-15(11)23-3)17-20-14-9-19-8-13(18)16(14)24-17/h5-9H,4,10H2,1-3H3. The zero-order valence-corrected chi connectivity index (χ0v) is 15.3. The van der Waals surface area contributed by atoms with Gasteiger partial charge in [0, 0.05) is 24.4 Å². The maximum Gasteiger partial charge on any atom is 0.298 e. The molecule has 0 aliphatic heterocycles. The van der Waals surface area contributed by atoms with Crippen molar-refractivity contribution in [2.45, 2.75) is 13.5 Å². The number of halogens is 1. The molecule has 0 bridgehead atoms. The van der Waals surface area contributed by atoms with Gasteiger partial charge in [0.2, 0.25) is 0 Å². The van der Waals surface area contributed by atoms with Crippen LogP contribution < -0.4 is 14.4 Å². The van der Waals surface area contributed by atoms with E-state index >= 15 is 0 Å². The second-order valence-electron chi connectivity index (χ2n) is 5.16. The third-order valence-electron chi connectivity index (χ3n) is 3.75. The highest BCUT2D eigenvalue weighted by Gasteiger charge is 2.17. The molecule has 2 heterocycles. The van der Waals surface area contributed by atoms with Crippen molar-refractivity contribution in [1.82, 2.24) is 9.97 Å². The lowest BCUT2D eigenvalue weighted by atomic mass is 10.2. The van der Waals surface area contributed by atoms with Crippen LogP contribution in [0, 0.1) is 0 Å². The predicted molar refractivity (Wildman–Crippen MR) is 95.8 cm³/mol. The van der Waals surface area contributed by atoms with Crippen molar-refractivity contribution in [2.75, 3.05) is 25.7 Å². The van der Waals surface area contributed by atoms with E-state index in [1.165, 1.54) is 0 Å². The van der Waals surface area contributed by atoms with Crippen molar-refractivity contribution in [1.29, 1.82) is 0 Å². The molecule has 0 aliphatic rings. The molecule has 0 unspecified atom stereocenters. The molecule has 0 N–H and O–H groups in total. The number of methoxy groups -OCH3 is 2. The molecule has 7 heteroatoms. The van der Waals surface area contributed by atoms with Crippen LogP contribution in [0.1, 0.15) is 12.5 Å². The lowest BCUT2D eigenvalue weighted by Crippen LogP contribution is -2.22. The first-order valence-electron chi connectivity index (χ1n) is 7.52. The number of hydrogen-bond donors (Lipinski definition) is 0. The van der Waals surface area contributed by atoms with Gasteiger partial charge in [-0.05, 0) is 35.0 Å². The fourth-order valence-corrected chi connectivity index (χ4v) is 2.85. The molecule has 0 spiro atoms. The molecular formula is C17H18BrN3O3. The fraction of sp³-hybridized carbons (Fsp3) is 0.294. The van der Waals surface area contributed by atoms with Crippen LogP contribution in [0.5, 0.6) is 11.5 Å². The Balaban J connectivity index is 1.92. The van der Waals surface area contributed by atoms with Crippen molar-refractivity contribution in [3.63, 3.8) is 0 Å². The van der Waals surface area contributed by atoms with Gasteiger partial charge in [-0.2, -0.15) is 4.98 Å². The van der Waals surface area contributed by atoms with Crippen LogP contribution in [0.2, 0.25) is 0 Å². The number of fused-ring (bicyclic) bond motifs is 1. The minimum atomic E-state index is 0.555. The van der Waals surface area contributed by atoms with Crippen molar-refractivity contribution in [3.05, 3.63) is 40.6 Å². The molecule has 126 valence electrons. The van der Waals surface area contributed by atoms with Crippen LogP contribution in [0.25, 0.3) is 11.1 Å². The maximum absolute atomic E-state index is 5.90. The second kappa shape index (κ2) is 7.09. The van der Waals surface area contributed by atoms with E-state index in [2.05, 4.69) is 32.8 Å². The van der Waals surface area contributed by atoms with Gasteiger partial charge in [-0.1, -0.05) is 0 Å². The Hall–Kier alpha value is -2.28. The molecule has 0 aliphatic carbocycles. The average Bonchev–Trinajstić information content (AvgIpc) is 3.05. The Morgan fingerprint density at radius 2 is 2.04 bits per heavy atom. The van der Waals surface area contributed by atoms with Crippen molar-refractivity contribution in [2.24, 2.45) is 0 Å². The summed E-state index contributed by atoms with van der Waals surface area (Å²) in [6, 6.07) is 6.33. The van der Waals surface area contributed by atoms with Gasteiger partial charge in [0.15, 0.2) is 5.58 Å². The summed E-state index contributed by atoms with van der Waals surface area (Å²) in [4.78, 5) is 10.7. The summed E-state index contributed by atoms with van der Waals surface area (Å²) in [6.45, 7) is 3.41. The first kappa shape index (κ1) is 16.6. The molecular weight excluding hydrogens is 374 g/mol. The van der Waals surface area contributed by atoms with Gasteiger partial charge in [0.1, 0.15) is 17.0 Å². The molecule has 6 nitrogen and oxygen atoms in total. The summed E-state index contributed by atoms with van der Waals surface area (Å²) in [5, 5.41) is 0. The number of benzene rings is 1. The van der Waals surface area contributed by atoms with Gasteiger partial charge in [-0.3, -0.25) is 4.98 Å². The Kier molecular flexibility index (Phi) is 4.89. The first-order valence-corrected chi connectivity index (χ1v) is 8.31. The van der Waals surface area contributed by atoms with Crippen LogP contribution in [0.4, 0.5) is 6.01 Å². The Morgan fingerprint density at radius 1 is 1.21 bits per heavy atom. The number of pyridine rings is 1. The molecule has 2 aromatic heterocycles. The zero-order valence-electron chi connectivity index (χ0n) is 13.7. The summed E-state index contributed by atoms with van der Waals surface area (Å²) in [6.07, 6.45) is 3.38. The highest BCUT2D eigenvalue weighted by molar-refractivity contribution is 9.10. The van der Waals surface area contributed by atoms with Crippen LogP contribution >= 0.6 is 15.9 Å². The summed E-state index contributed by atoms with van der Waals surface area (Å²) >= 11 is 3.44. The van der Waals surface area contributed by atoms with Gasteiger partial charge in [0.25, 0.3) is 6.01 Å². The van der Waals surface area contributed by atoms with Crippen LogP contribution in [-0.2, 0) is 6.54 Å². The number of nitrogens with zero attached hydrogens (tertiary/aromatic N) is 3. The quantitative estimate of drug-likeness (QED) is 0.631. The van der Waals surface area contributed by atoms with Crippen LogP contribution in [0.3, 0.4) is 0 Å². The SMILES string of the molecule is CCN(Cc1ccc(OC)cc1OC)c1nc2cncc(Br)c2o1. The number of anilines is 1. The van der Waals surface area contributed by atoms with Crippen molar-refractivity contribution in [3.8, 4) is 11.5 Å². The van der Waals surface area contributed by atoms with E-state index in [1.54, 1.807) is 26.6 Å². The largest absolute Gasteiger partial charge is 0.497 e. The molecule has 1 aromatic carbocycles. The molecule has 0 amide bonds. The normalized spacial score (nSPS) is 10.8. The first-order chi connectivity index (χ1) is 11.7. The van der Waals surface area contributed by atoms with Gasteiger partial charge in [0.05, 0.1) is 31.4 Å². The topological polar surface area (TPSA) is 60.6 Å². The lowest BCUT2D eigenvalue weighted by molar-refractivity contribution is 0.390. The summed E-state index contributed by atoms with van der Waals surface area (Å²) < 4.78 is 17.4. The summed E-state index contributed by atoms with van der Waals surface area (Å²) in [5.74, 6) is 1.53.